The number of carboxylic acid groups (broad SMARTS) is 1. The van der Waals surface area contributed by atoms with Gasteiger partial charge in [-0.1, -0.05) is 51.1 Å². The fourth-order valence-corrected chi connectivity index (χ4v) is 4.08. The van der Waals surface area contributed by atoms with E-state index in [9.17, 15) is 19.5 Å². The van der Waals surface area contributed by atoms with Gasteiger partial charge in [0.05, 0.1) is 5.92 Å². The molecule has 0 bridgehead atoms. The first-order valence-corrected chi connectivity index (χ1v) is 8.22. The summed E-state index contributed by atoms with van der Waals surface area (Å²) < 4.78 is 5.38. The van der Waals surface area contributed by atoms with Gasteiger partial charge in [0, 0.05) is 16.9 Å². The Morgan fingerprint density at radius 2 is 1.80 bits per heavy atom. The predicted octanol–water partition coefficient (Wildman–Crippen LogP) is 3.16. The molecule has 25 heavy (non-hydrogen) atoms. The number of ketones is 1. The average molecular weight is 338 g/mol. The molecule has 5 heteroatoms. The lowest BCUT2D eigenvalue weighted by Gasteiger charge is -2.21. The number of fused-ring (bicyclic) bond motifs is 5. The normalized spacial score (nSPS) is 27.2. The van der Waals surface area contributed by atoms with Crippen molar-refractivity contribution in [2.24, 2.45) is 16.7 Å². The Labute approximate surface area is 144 Å². The van der Waals surface area contributed by atoms with Crippen LogP contribution in [0.4, 0.5) is 0 Å². The van der Waals surface area contributed by atoms with Crippen LogP contribution in [-0.4, -0.2) is 22.8 Å². The molecule has 3 atom stereocenters. The fourth-order valence-electron chi connectivity index (χ4n) is 4.08. The summed E-state index contributed by atoms with van der Waals surface area (Å²) in [5.41, 5.74) is -1.89. The number of esters is 1. The molecule has 0 saturated heterocycles. The molecule has 0 amide bonds. The number of hydrogen-bond donors (Lipinski definition) is 1. The maximum absolute atomic E-state index is 12.9. The second kappa shape index (κ2) is 4.69. The standard InChI is InChI=1S/C20H18O5/c1-19(2,3)16(21)15-14-13-11-7-5-4-6-10(11)8-9-12(13)25-18(24)20(14,15)17(22)23/h4-9,14-15H,1-3H3,(H,22,23). The molecule has 1 N–H and O–H groups in total. The Kier molecular flexibility index (Phi) is 2.96. The summed E-state index contributed by atoms with van der Waals surface area (Å²) in [6.07, 6.45) is 0. The highest BCUT2D eigenvalue weighted by Gasteiger charge is 2.81. The van der Waals surface area contributed by atoms with Crippen molar-refractivity contribution in [2.75, 3.05) is 0 Å². The third-order valence-corrected chi connectivity index (χ3v) is 5.36. The van der Waals surface area contributed by atoms with Gasteiger partial charge in [-0.3, -0.25) is 14.4 Å². The molecule has 0 spiro atoms. The summed E-state index contributed by atoms with van der Waals surface area (Å²) in [5.74, 6) is -3.57. The van der Waals surface area contributed by atoms with Crippen LogP contribution in [0.15, 0.2) is 36.4 Å². The molecule has 1 aliphatic carbocycles. The second-order valence-corrected chi connectivity index (χ2v) is 7.83. The Morgan fingerprint density at radius 1 is 1.12 bits per heavy atom. The van der Waals surface area contributed by atoms with Crippen LogP contribution in [0.25, 0.3) is 10.8 Å². The third-order valence-electron chi connectivity index (χ3n) is 5.36. The number of carbonyl (C=O) groups is 3. The van der Waals surface area contributed by atoms with Gasteiger partial charge in [-0.25, -0.2) is 0 Å². The predicted molar refractivity (Wildman–Crippen MR) is 90.3 cm³/mol. The Balaban J connectivity index is 1.99. The van der Waals surface area contributed by atoms with Crippen LogP contribution in [0.5, 0.6) is 5.75 Å². The van der Waals surface area contributed by atoms with E-state index in [1.807, 2.05) is 30.3 Å². The van der Waals surface area contributed by atoms with Crippen molar-refractivity contribution in [3.05, 3.63) is 42.0 Å². The average Bonchev–Trinajstić information content (AvgIpc) is 3.24. The summed E-state index contributed by atoms with van der Waals surface area (Å²) in [6.45, 7) is 5.22. The lowest BCUT2D eigenvalue weighted by atomic mass is 9.85. The minimum Gasteiger partial charge on any atom is -0.480 e. The fraction of sp³-hybridized carbons (Fsp3) is 0.350. The lowest BCUT2D eigenvalue weighted by molar-refractivity contribution is -0.158. The molecule has 1 aliphatic heterocycles. The van der Waals surface area contributed by atoms with E-state index in [-0.39, 0.29) is 5.78 Å². The molecule has 1 saturated carbocycles. The molecular formula is C20H18O5. The highest BCUT2D eigenvalue weighted by molar-refractivity contribution is 6.15. The van der Waals surface area contributed by atoms with Gasteiger partial charge < -0.3 is 9.84 Å². The van der Waals surface area contributed by atoms with Crippen molar-refractivity contribution in [1.29, 1.82) is 0 Å². The first-order chi connectivity index (χ1) is 11.7. The van der Waals surface area contributed by atoms with E-state index in [4.69, 9.17) is 4.74 Å². The third kappa shape index (κ3) is 1.86. The molecule has 1 fully saturated rings. The summed E-state index contributed by atoms with van der Waals surface area (Å²) in [7, 11) is 0. The summed E-state index contributed by atoms with van der Waals surface area (Å²) in [4.78, 5) is 37.6. The minimum absolute atomic E-state index is 0.224. The molecule has 1 heterocycles. The van der Waals surface area contributed by atoms with E-state index in [0.29, 0.717) is 11.3 Å². The van der Waals surface area contributed by atoms with Gasteiger partial charge in [0.15, 0.2) is 5.41 Å². The lowest BCUT2D eigenvalue weighted by Crippen LogP contribution is -2.37. The van der Waals surface area contributed by atoms with E-state index in [1.54, 1.807) is 26.8 Å². The first kappa shape index (κ1) is 15.8. The van der Waals surface area contributed by atoms with E-state index in [1.165, 1.54) is 0 Å². The van der Waals surface area contributed by atoms with E-state index in [2.05, 4.69) is 0 Å². The van der Waals surface area contributed by atoms with Crippen LogP contribution in [0, 0.1) is 16.7 Å². The molecule has 2 aromatic carbocycles. The van der Waals surface area contributed by atoms with Crippen molar-refractivity contribution in [3.63, 3.8) is 0 Å². The van der Waals surface area contributed by atoms with Crippen LogP contribution in [0.1, 0.15) is 32.3 Å². The largest absolute Gasteiger partial charge is 0.480 e. The number of carbonyl (C=O) groups excluding carboxylic acids is 2. The molecule has 128 valence electrons. The van der Waals surface area contributed by atoms with Gasteiger partial charge in [0.25, 0.3) is 0 Å². The molecule has 4 rings (SSSR count). The van der Waals surface area contributed by atoms with Gasteiger partial charge >= 0.3 is 11.9 Å². The Morgan fingerprint density at radius 3 is 2.44 bits per heavy atom. The van der Waals surface area contributed by atoms with Crippen molar-refractivity contribution >= 4 is 28.5 Å². The number of benzene rings is 2. The van der Waals surface area contributed by atoms with Crippen molar-refractivity contribution in [1.82, 2.24) is 0 Å². The monoisotopic (exact) mass is 338 g/mol. The number of aliphatic carboxylic acids is 1. The molecule has 2 aliphatic rings. The van der Waals surface area contributed by atoms with Gasteiger partial charge in [-0.15, -0.1) is 0 Å². The smallest absolute Gasteiger partial charge is 0.330 e. The second-order valence-electron chi connectivity index (χ2n) is 7.83. The Hall–Kier alpha value is -2.69. The van der Waals surface area contributed by atoms with Crippen LogP contribution < -0.4 is 4.74 Å². The van der Waals surface area contributed by atoms with Crippen LogP contribution in [-0.2, 0) is 14.4 Å². The highest BCUT2D eigenvalue weighted by atomic mass is 16.5. The zero-order chi connectivity index (χ0) is 18.1. The van der Waals surface area contributed by atoms with Crippen molar-refractivity contribution in [2.45, 2.75) is 26.7 Å². The number of rotatable bonds is 2. The van der Waals surface area contributed by atoms with Crippen LogP contribution in [0.2, 0.25) is 0 Å². The molecule has 0 aromatic heterocycles. The van der Waals surface area contributed by atoms with E-state index in [0.717, 1.165) is 10.8 Å². The molecule has 5 nitrogen and oxygen atoms in total. The highest BCUT2D eigenvalue weighted by Crippen LogP contribution is 2.71. The van der Waals surface area contributed by atoms with Gasteiger partial charge in [0.1, 0.15) is 11.5 Å². The number of ether oxygens (including phenoxy) is 1. The van der Waals surface area contributed by atoms with Crippen molar-refractivity contribution in [3.8, 4) is 5.75 Å². The van der Waals surface area contributed by atoms with Gasteiger partial charge in [-0.05, 0) is 16.8 Å². The van der Waals surface area contributed by atoms with E-state index >= 15 is 0 Å². The summed E-state index contributed by atoms with van der Waals surface area (Å²) in [5, 5.41) is 11.6. The topological polar surface area (TPSA) is 80.7 Å². The summed E-state index contributed by atoms with van der Waals surface area (Å²) >= 11 is 0. The summed E-state index contributed by atoms with van der Waals surface area (Å²) in [6, 6.07) is 11.0. The maximum Gasteiger partial charge on any atom is 0.330 e. The molecule has 2 aromatic rings. The van der Waals surface area contributed by atoms with Crippen molar-refractivity contribution < 1.29 is 24.2 Å². The zero-order valence-corrected chi connectivity index (χ0v) is 14.2. The van der Waals surface area contributed by atoms with Gasteiger partial charge in [-0.2, -0.15) is 0 Å². The number of Topliss-reactive ketones (excluding diaryl/α,β-unsaturated/α-hetero) is 1. The quantitative estimate of drug-likeness (QED) is 0.517. The number of hydrogen-bond acceptors (Lipinski definition) is 4. The SMILES string of the molecule is CC(C)(C)C(=O)C1C2c3c(ccc4ccccc34)OC(=O)C12C(=O)O. The zero-order valence-electron chi connectivity index (χ0n) is 14.2. The van der Waals surface area contributed by atoms with E-state index < -0.39 is 34.6 Å². The number of carboxylic acids is 1. The first-order valence-electron chi connectivity index (χ1n) is 8.22. The molecular weight excluding hydrogens is 320 g/mol. The molecule has 3 unspecified atom stereocenters. The maximum atomic E-state index is 12.9. The van der Waals surface area contributed by atoms with Crippen LogP contribution >= 0.6 is 0 Å². The van der Waals surface area contributed by atoms with Gasteiger partial charge in [0.2, 0.25) is 0 Å². The minimum atomic E-state index is -1.80. The Bertz CT molecular complexity index is 952. The van der Waals surface area contributed by atoms with Crippen LogP contribution in [0.3, 0.4) is 0 Å². The molecule has 0 radical (unpaired) electrons.